The molecule has 1 rings (SSSR count). The van der Waals surface area contributed by atoms with Crippen LogP contribution in [-0.2, 0) is 9.84 Å². The van der Waals surface area contributed by atoms with Crippen LogP contribution < -0.4 is 0 Å². The minimum atomic E-state index is -3.14. The van der Waals surface area contributed by atoms with Gasteiger partial charge in [0.15, 0.2) is 9.84 Å². The Bertz CT molecular complexity index is 354. The van der Waals surface area contributed by atoms with Crippen LogP contribution >= 0.6 is 0 Å². The first-order valence-corrected chi connectivity index (χ1v) is 5.84. The molecule has 0 fully saturated rings. The van der Waals surface area contributed by atoms with Gasteiger partial charge < -0.3 is 0 Å². The predicted molar refractivity (Wildman–Crippen MR) is 52.2 cm³/mol. The van der Waals surface area contributed by atoms with Crippen molar-refractivity contribution in [1.29, 1.82) is 0 Å². The van der Waals surface area contributed by atoms with E-state index in [1.165, 1.54) is 0 Å². The highest BCUT2D eigenvalue weighted by atomic mass is 32.2. The molecule has 0 heterocycles. The summed E-state index contributed by atoms with van der Waals surface area (Å²) in [6.07, 6.45) is 0.630. The van der Waals surface area contributed by atoms with Crippen molar-refractivity contribution in [3.63, 3.8) is 0 Å². The molecule has 0 spiro atoms. The largest absolute Gasteiger partial charge is 0.223 e. The third-order valence-electron chi connectivity index (χ3n) is 2.09. The number of hydrogen-bond acceptors (Lipinski definition) is 2. The molecule has 3 heteroatoms. The van der Waals surface area contributed by atoms with Gasteiger partial charge in [-0.1, -0.05) is 25.1 Å². The highest BCUT2D eigenvalue weighted by Crippen LogP contribution is 2.16. The van der Waals surface area contributed by atoms with Crippen LogP contribution in [0.4, 0.5) is 0 Å². The van der Waals surface area contributed by atoms with Crippen LogP contribution in [0.1, 0.15) is 20.3 Å². The zero-order valence-corrected chi connectivity index (χ0v) is 8.64. The maximum atomic E-state index is 11.7. The summed E-state index contributed by atoms with van der Waals surface area (Å²) in [7, 11) is -3.14. The Labute approximate surface area is 79.5 Å². The van der Waals surface area contributed by atoms with Gasteiger partial charge in [0.25, 0.3) is 0 Å². The molecular weight excluding hydrogens is 184 g/mol. The minimum absolute atomic E-state index is 0.296. The molecule has 1 unspecified atom stereocenters. The summed E-state index contributed by atoms with van der Waals surface area (Å²) in [5.41, 5.74) is 0. The lowest BCUT2D eigenvalue weighted by atomic mass is 10.4. The molecule has 0 saturated carbocycles. The molecule has 0 amide bonds. The first-order chi connectivity index (χ1) is 6.09. The van der Waals surface area contributed by atoms with Crippen molar-refractivity contribution in [2.45, 2.75) is 30.4 Å². The van der Waals surface area contributed by atoms with Gasteiger partial charge in [-0.15, -0.1) is 0 Å². The first kappa shape index (κ1) is 10.3. The second-order valence-electron chi connectivity index (χ2n) is 2.99. The summed E-state index contributed by atoms with van der Waals surface area (Å²) in [4.78, 5) is 0.296. The summed E-state index contributed by atoms with van der Waals surface area (Å²) >= 11 is 0. The Hall–Kier alpha value is -0.830. The van der Waals surface area contributed by atoms with Crippen LogP contribution in [0.5, 0.6) is 0 Å². The maximum Gasteiger partial charge on any atom is 0.181 e. The number of sulfone groups is 1. The molecule has 1 atom stereocenters. The highest BCUT2D eigenvalue weighted by Gasteiger charge is 2.20. The zero-order chi connectivity index (χ0) is 9.90. The first-order valence-electron chi connectivity index (χ1n) is 4.29. The van der Waals surface area contributed by atoms with Gasteiger partial charge in [-0.05, 0) is 19.4 Å². The fraction of sp³-hybridized carbons (Fsp3) is 0.400. The fourth-order valence-corrected chi connectivity index (χ4v) is 2.36. The van der Waals surface area contributed by atoms with Crippen LogP contribution in [-0.4, -0.2) is 13.7 Å². The summed E-state index contributed by atoms with van der Waals surface area (Å²) < 4.78 is 23.5. The van der Waals surface area contributed by atoms with Crippen LogP contribution in [0.25, 0.3) is 0 Å². The minimum Gasteiger partial charge on any atom is -0.223 e. The van der Waals surface area contributed by atoms with Gasteiger partial charge in [-0.2, -0.15) is 0 Å². The Morgan fingerprint density at radius 3 is 2.62 bits per heavy atom. The lowest BCUT2D eigenvalue weighted by Crippen LogP contribution is -2.16. The average Bonchev–Trinajstić information content (AvgIpc) is 2.18. The lowest BCUT2D eigenvalue weighted by Gasteiger charge is -2.09. The monoisotopic (exact) mass is 197 g/mol. The Kier molecular flexibility index (Phi) is 3.09. The standard InChI is InChI=1S/C10H13O2S/c1-3-9(2)13(11,12)10-7-5-4-6-8-10/h4-7,9H,3H2,1-2H3. The van der Waals surface area contributed by atoms with Crippen molar-refractivity contribution in [3.05, 3.63) is 30.3 Å². The number of benzene rings is 1. The molecular formula is C10H13O2S. The molecule has 0 bridgehead atoms. The van der Waals surface area contributed by atoms with E-state index < -0.39 is 9.84 Å². The highest BCUT2D eigenvalue weighted by molar-refractivity contribution is 7.92. The van der Waals surface area contributed by atoms with E-state index >= 15 is 0 Å². The summed E-state index contributed by atoms with van der Waals surface area (Å²) in [6, 6.07) is 9.41. The average molecular weight is 197 g/mol. The zero-order valence-electron chi connectivity index (χ0n) is 7.82. The third kappa shape index (κ3) is 2.10. The van der Waals surface area contributed by atoms with Gasteiger partial charge >= 0.3 is 0 Å². The van der Waals surface area contributed by atoms with E-state index in [0.29, 0.717) is 11.3 Å². The lowest BCUT2D eigenvalue weighted by molar-refractivity contribution is 0.581. The van der Waals surface area contributed by atoms with Crippen LogP contribution in [0.15, 0.2) is 29.2 Å². The smallest absolute Gasteiger partial charge is 0.181 e. The van der Waals surface area contributed by atoms with Crippen LogP contribution in [0.2, 0.25) is 0 Å². The topological polar surface area (TPSA) is 34.1 Å². The van der Waals surface area contributed by atoms with E-state index in [-0.39, 0.29) is 5.25 Å². The molecule has 13 heavy (non-hydrogen) atoms. The molecule has 0 N–H and O–H groups in total. The van der Waals surface area contributed by atoms with E-state index in [1.807, 2.05) is 6.92 Å². The van der Waals surface area contributed by atoms with Crippen molar-refractivity contribution >= 4 is 9.84 Å². The molecule has 1 aromatic carbocycles. The van der Waals surface area contributed by atoms with Crippen molar-refractivity contribution < 1.29 is 8.42 Å². The second-order valence-corrected chi connectivity index (χ2v) is 5.33. The van der Waals surface area contributed by atoms with Gasteiger partial charge in [0.1, 0.15) is 0 Å². The predicted octanol–water partition coefficient (Wildman–Crippen LogP) is 2.06. The molecule has 0 saturated heterocycles. The molecule has 1 radical (unpaired) electrons. The SMILES string of the molecule is CCC(C)S(=O)(=O)c1[c]cccc1. The van der Waals surface area contributed by atoms with Crippen molar-refractivity contribution in [2.75, 3.05) is 0 Å². The molecule has 0 aliphatic heterocycles. The second kappa shape index (κ2) is 3.92. The fourth-order valence-electron chi connectivity index (χ4n) is 0.990. The van der Waals surface area contributed by atoms with E-state index in [2.05, 4.69) is 6.07 Å². The molecule has 1 aromatic rings. The molecule has 0 aliphatic carbocycles. The molecule has 0 aromatic heterocycles. The Morgan fingerprint density at radius 1 is 1.46 bits per heavy atom. The van der Waals surface area contributed by atoms with Gasteiger partial charge in [0.05, 0.1) is 10.1 Å². The Balaban J connectivity index is 3.09. The Morgan fingerprint density at radius 2 is 2.15 bits per heavy atom. The van der Waals surface area contributed by atoms with Crippen molar-refractivity contribution in [1.82, 2.24) is 0 Å². The third-order valence-corrected chi connectivity index (χ3v) is 4.35. The van der Waals surface area contributed by atoms with E-state index in [1.54, 1.807) is 31.2 Å². The van der Waals surface area contributed by atoms with Crippen molar-refractivity contribution in [2.24, 2.45) is 0 Å². The van der Waals surface area contributed by atoms with E-state index in [9.17, 15) is 8.42 Å². The number of hydrogen-bond donors (Lipinski definition) is 0. The molecule has 0 aliphatic rings. The quantitative estimate of drug-likeness (QED) is 0.743. The summed E-state index contributed by atoms with van der Waals surface area (Å²) in [6.45, 7) is 3.58. The normalized spacial score (nSPS) is 14.0. The van der Waals surface area contributed by atoms with E-state index in [0.717, 1.165) is 0 Å². The summed E-state index contributed by atoms with van der Waals surface area (Å²) in [5.74, 6) is 0. The van der Waals surface area contributed by atoms with Crippen LogP contribution in [0, 0.1) is 6.07 Å². The van der Waals surface area contributed by atoms with Crippen molar-refractivity contribution in [3.8, 4) is 0 Å². The van der Waals surface area contributed by atoms with E-state index in [4.69, 9.17) is 0 Å². The maximum absolute atomic E-state index is 11.7. The molecule has 2 nitrogen and oxygen atoms in total. The van der Waals surface area contributed by atoms with Gasteiger partial charge in [-0.25, -0.2) is 8.42 Å². The van der Waals surface area contributed by atoms with Gasteiger partial charge in [0, 0.05) is 6.07 Å². The van der Waals surface area contributed by atoms with Gasteiger partial charge in [-0.3, -0.25) is 0 Å². The molecule has 71 valence electrons. The number of rotatable bonds is 3. The van der Waals surface area contributed by atoms with Gasteiger partial charge in [0.2, 0.25) is 0 Å². The summed E-state index contributed by atoms with van der Waals surface area (Å²) in [5, 5.41) is -0.328. The van der Waals surface area contributed by atoms with Crippen LogP contribution in [0.3, 0.4) is 0 Å².